The maximum absolute atomic E-state index is 12.6. The number of nitrogens with zero attached hydrogens (tertiary/aromatic N) is 2. The minimum absolute atomic E-state index is 0.0395. The molecular weight excluding hydrogens is 340 g/mol. The van der Waals surface area contributed by atoms with Crippen LogP contribution in [0.4, 0.5) is 0 Å². The van der Waals surface area contributed by atoms with E-state index < -0.39 is 23.0 Å². The molecular formula is C18H22N2O4S. The first kappa shape index (κ1) is 17.8. The first-order valence-corrected chi connectivity index (χ1v) is 9.28. The summed E-state index contributed by atoms with van der Waals surface area (Å²) >= 11 is 1.60. The summed E-state index contributed by atoms with van der Waals surface area (Å²) in [5.41, 5.74) is 1.03. The van der Waals surface area contributed by atoms with Gasteiger partial charge in [-0.1, -0.05) is 30.3 Å². The van der Waals surface area contributed by atoms with Crippen LogP contribution in [0.1, 0.15) is 25.3 Å². The smallest absolute Gasteiger partial charge is 0.330 e. The number of hydrogen-bond donors (Lipinski definition) is 0. The van der Waals surface area contributed by atoms with Crippen LogP contribution in [0.25, 0.3) is 0 Å². The highest BCUT2D eigenvalue weighted by molar-refractivity contribution is 8.00. The fourth-order valence-electron chi connectivity index (χ4n) is 3.48. The molecule has 0 radical (unpaired) electrons. The predicted octanol–water partition coefficient (Wildman–Crippen LogP) is 1.60. The van der Waals surface area contributed by atoms with Gasteiger partial charge < -0.3 is 14.5 Å². The van der Waals surface area contributed by atoms with Gasteiger partial charge in [-0.25, -0.2) is 4.79 Å². The van der Waals surface area contributed by atoms with Gasteiger partial charge in [-0.05, 0) is 18.9 Å². The van der Waals surface area contributed by atoms with Gasteiger partial charge in [0.25, 0.3) is 5.91 Å². The van der Waals surface area contributed by atoms with Crippen molar-refractivity contribution in [1.82, 2.24) is 9.80 Å². The number of hydrogen-bond acceptors (Lipinski definition) is 5. The van der Waals surface area contributed by atoms with Crippen LogP contribution in [0.3, 0.4) is 0 Å². The Bertz CT molecular complexity index is 694. The summed E-state index contributed by atoms with van der Waals surface area (Å²) < 4.78 is 5.36. The number of likely N-dealkylation sites (N-methyl/N-ethyl adjacent to an activating group) is 1. The van der Waals surface area contributed by atoms with Gasteiger partial charge in [-0.2, -0.15) is 0 Å². The van der Waals surface area contributed by atoms with Gasteiger partial charge in [-0.15, -0.1) is 11.8 Å². The van der Waals surface area contributed by atoms with Crippen LogP contribution in [-0.4, -0.2) is 59.6 Å². The zero-order chi connectivity index (χ0) is 18.2. The Morgan fingerprint density at radius 1 is 1.32 bits per heavy atom. The third-order valence-corrected chi connectivity index (χ3v) is 6.30. The molecule has 3 rings (SSSR count). The van der Waals surface area contributed by atoms with Gasteiger partial charge in [0, 0.05) is 26.3 Å². The third kappa shape index (κ3) is 3.01. The van der Waals surface area contributed by atoms with Crippen molar-refractivity contribution in [3.63, 3.8) is 0 Å². The molecule has 0 saturated carbocycles. The van der Waals surface area contributed by atoms with Gasteiger partial charge in [0.15, 0.2) is 6.10 Å². The van der Waals surface area contributed by atoms with E-state index in [1.54, 1.807) is 37.7 Å². The van der Waals surface area contributed by atoms with Crippen molar-refractivity contribution in [3.8, 4) is 0 Å². The molecule has 25 heavy (non-hydrogen) atoms. The minimum atomic E-state index is -0.864. The number of carbonyl (C=O) groups excluding carboxylic acids is 3. The number of thioether (sulfide) groups is 1. The molecule has 2 aliphatic rings. The quantitative estimate of drug-likeness (QED) is 0.761. The molecule has 0 unspecified atom stereocenters. The Labute approximate surface area is 151 Å². The molecule has 2 aliphatic heterocycles. The zero-order valence-corrected chi connectivity index (χ0v) is 15.4. The molecule has 2 heterocycles. The Hall–Kier alpha value is -2.02. The summed E-state index contributed by atoms with van der Waals surface area (Å²) in [4.78, 5) is 39.6. The predicted molar refractivity (Wildman–Crippen MR) is 94.7 cm³/mol. The van der Waals surface area contributed by atoms with Crippen molar-refractivity contribution >= 4 is 29.5 Å². The van der Waals surface area contributed by atoms with Crippen LogP contribution >= 0.6 is 11.8 Å². The molecule has 1 aromatic carbocycles. The lowest BCUT2D eigenvalue weighted by Gasteiger charge is -2.34. The highest BCUT2D eigenvalue weighted by Crippen LogP contribution is 2.54. The highest BCUT2D eigenvalue weighted by atomic mass is 32.2. The van der Waals surface area contributed by atoms with Gasteiger partial charge in [0.05, 0.1) is 0 Å². The Morgan fingerprint density at radius 2 is 2.00 bits per heavy atom. The molecule has 0 N–H and O–H groups in total. The number of benzene rings is 1. The summed E-state index contributed by atoms with van der Waals surface area (Å²) in [6.07, 6.45) is 0.228. The van der Waals surface area contributed by atoms with Gasteiger partial charge >= 0.3 is 5.97 Å². The fraction of sp³-hybridized carbons (Fsp3) is 0.500. The summed E-state index contributed by atoms with van der Waals surface area (Å²) in [5, 5.41) is 0. The van der Waals surface area contributed by atoms with Crippen molar-refractivity contribution in [2.24, 2.45) is 0 Å². The lowest BCUT2D eigenvalue weighted by molar-refractivity contribution is -0.164. The first-order chi connectivity index (χ1) is 11.9. The Morgan fingerprint density at radius 3 is 2.64 bits per heavy atom. The molecule has 2 fully saturated rings. The van der Waals surface area contributed by atoms with E-state index in [4.69, 9.17) is 4.74 Å². The van der Waals surface area contributed by atoms with Crippen LogP contribution in [0.5, 0.6) is 0 Å². The van der Waals surface area contributed by atoms with Crippen LogP contribution in [0.15, 0.2) is 30.3 Å². The maximum Gasteiger partial charge on any atom is 0.330 e. The molecule has 7 heteroatoms. The number of carbonyl (C=O) groups is 3. The van der Waals surface area contributed by atoms with E-state index in [2.05, 4.69) is 0 Å². The number of esters is 1. The normalized spacial score (nSPS) is 26.3. The Kier molecular flexibility index (Phi) is 4.77. The van der Waals surface area contributed by atoms with Crippen molar-refractivity contribution in [1.29, 1.82) is 0 Å². The second kappa shape index (κ2) is 6.71. The van der Waals surface area contributed by atoms with E-state index in [1.807, 2.05) is 30.3 Å². The van der Waals surface area contributed by atoms with Crippen molar-refractivity contribution in [2.45, 2.75) is 36.8 Å². The van der Waals surface area contributed by atoms with Crippen molar-refractivity contribution < 1.29 is 19.1 Å². The summed E-state index contributed by atoms with van der Waals surface area (Å²) in [6, 6.07) is 9.14. The second-order valence-corrected chi connectivity index (χ2v) is 7.85. The molecule has 0 bridgehead atoms. The monoisotopic (exact) mass is 362 g/mol. The van der Waals surface area contributed by atoms with Crippen molar-refractivity contribution in [3.05, 3.63) is 35.9 Å². The SMILES string of the molecule is C[C@@H](OC(=O)[C@H]1CS[C@@]2(c3ccccc3)CCC(=O)N12)C(=O)N(C)C. The molecule has 0 aliphatic carbocycles. The van der Waals surface area contributed by atoms with Gasteiger partial charge in [0.1, 0.15) is 10.9 Å². The number of fused-ring (bicyclic) bond motifs is 1. The standard InChI is InChI=1S/C18H22N2O4S/c1-12(16(22)19(2)3)24-17(23)14-11-25-18(10-9-15(21)20(14)18)13-7-5-4-6-8-13/h4-8,12,14H,9-11H2,1-3H3/t12-,14-,18-/m1/s1. The largest absolute Gasteiger partial charge is 0.451 e. The summed E-state index contributed by atoms with van der Waals surface area (Å²) in [5.74, 6) is -0.353. The van der Waals surface area contributed by atoms with E-state index in [0.717, 1.165) is 5.56 Å². The molecule has 0 aromatic heterocycles. The highest BCUT2D eigenvalue weighted by Gasteiger charge is 2.57. The van der Waals surface area contributed by atoms with E-state index in [0.29, 0.717) is 18.6 Å². The molecule has 2 saturated heterocycles. The second-order valence-electron chi connectivity index (χ2n) is 6.55. The lowest BCUT2D eigenvalue weighted by atomic mass is 10.0. The lowest BCUT2D eigenvalue weighted by Crippen LogP contribution is -2.48. The minimum Gasteiger partial charge on any atom is -0.451 e. The molecule has 0 spiro atoms. The molecule has 6 nitrogen and oxygen atoms in total. The van der Waals surface area contributed by atoms with E-state index in [9.17, 15) is 14.4 Å². The van der Waals surface area contributed by atoms with E-state index in [-0.39, 0.29) is 11.8 Å². The van der Waals surface area contributed by atoms with E-state index in [1.165, 1.54) is 4.90 Å². The molecule has 2 amide bonds. The molecule has 3 atom stereocenters. The topological polar surface area (TPSA) is 66.9 Å². The summed E-state index contributed by atoms with van der Waals surface area (Å²) in [6.45, 7) is 1.55. The summed E-state index contributed by atoms with van der Waals surface area (Å²) in [7, 11) is 3.23. The first-order valence-electron chi connectivity index (χ1n) is 8.30. The number of ether oxygens (including phenoxy) is 1. The van der Waals surface area contributed by atoms with Crippen LogP contribution in [0, 0.1) is 0 Å². The van der Waals surface area contributed by atoms with Gasteiger partial charge in [-0.3, -0.25) is 9.59 Å². The van der Waals surface area contributed by atoms with Gasteiger partial charge in [0.2, 0.25) is 5.91 Å². The zero-order valence-electron chi connectivity index (χ0n) is 14.6. The van der Waals surface area contributed by atoms with E-state index >= 15 is 0 Å². The number of amides is 2. The molecule has 134 valence electrons. The Balaban J connectivity index is 1.82. The average molecular weight is 362 g/mol. The number of rotatable bonds is 4. The van der Waals surface area contributed by atoms with Crippen molar-refractivity contribution in [2.75, 3.05) is 19.8 Å². The average Bonchev–Trinajstić information content (AvgIpc) is 3.14. The molecule has 1 aromatic rings. The van der Waals surface area contributed by atoms with Crippen LogP contribution < -0.4 is 0 Å². The maximum atomic E-state index is 12.6. The third-order valence-electron chi connectivity index (χ3n) is 4.71. The van der Waals surface area contributed by atoms with Crippen LogP contribution in [-0.2, 0) is 24.0 Å². The van der Waals surface area contributed by atoms with Crippen LogP contribution in [0.2, 0.25) is 0 Å². The fourth-order valence-corrected chi connectivity index (χ4v) is 5.12.